The van der Waals surface area contributed by atoms with Crippen molar-refractivity contribution in [3.8, 4) is 0 Å². The molecule has 0 saturated heterocycles. The number of benzene rings is 2. The third-order valence-corrected chi connectivity index (χ3v) is 2.90. The number of rotatable bonds is 3. The molecule has 0 unspecified atom stereocenters. The molecule has 0 saturated carbocycles. The Bertz CT molecular complexity index is 707. The van der Waals surface area contributed by atoms with Gasteiger partial charge in [0.15, 0.2) is 0 Å². The molecule has 2 aromatic carbocycles. The highest BCUT2D eigenvalue weighted by molar-refractivity contribution is 5.82. The van der Waals surface area contributed by atoms with Gasteiger partial charge in [0, 0.05) is 17.7 Å². The predicted octanol–water partition coefficient (Wildman–Crippen LogP) is 4.89. The van der Waals surface area contributed by atoms with Crippen molar-refractivity contribution in [2.24, 2.45) is 0 Å². The number of halogens is 4. The number of allylic oxidation sites excluding steroid dienone is 1. The number of nitro benzene ring substituents is 1. The van der Waals surface area contributed by atoms with Gasteiger partial charge >= 0.3 is 6.18 Å². The molecule has 0 atom stereocenters. The summed E-state index contributed by atoms with van der Waals surface area (Å²) in [4.78, 5) is 9.90. The van der Waals surface area contributed by atoms with Crippen LogP contribution in [0.15, 0.2) is 60.4 Å². The average Bonchev–Trinajstić information content (AvgIpc) is 2.48. The van der Waals surface area contributed by atoms with Crippen LogP contribution in [0.1, 0.15) is 11.1 Å². The second kappa shape index (κ2) is 5.97. The van der Waals surface area contributed by atoms with Gasteiger partial charge in [-0.15, -0.1) is 0 Å². The van der Waals surface area contributed by atoms with Gasteiger partial charge in [-0.3, -0.25) is 10.1 Å². The molecule has 0 aliphatic heterocycles. The van der Waals surface area contributed by atoms with E-state index in [1.54, 1.807) is 6.07 Å². The highest BCUT2D eigenvalue weighted by Crippen LogP contribution is 2.37. The third kappa shape index (κ3) is 3.30. The van der Waals surface area contributed by atoms with E-state index in [1.807, 2.05) is 0 Å². The van der Waals surface area contributed by atoms with Crippen LogP contribution in [-0.4, -0.2) is 11.1 Å². The molecule has 0 aromatic heterocycles. The summed E-state index contributed by atoms with van der Waals surface area (Å²) >= 11 is 0. The van der Waals surface area contributed by atoms with Crippen molar-refractivity contribution in [2.45, 2.75) is 6.18 Å². The normalized spacial score (nSPS) is 12.7. The van der Waals surface area contributed by atoms with E-state index in [0.29, 0.717) is 0 Å². The Balaban J connectivity index is 2.62. The van der Waals surface area contributed by atoms with E-state index in [9.17, 15) is 27.7 Å². The van der Waals surface area contributed by atoms with Crippen molar-refractivity contribution in [3.05, 3.63) is 81.7 Å². The minimum atomic E-state index is -5.15. The molecule has 2 aromatic rings. The van der Waals surface area contributed by atoms with Gasteiger partial charge in [0.25, 0.3) is 5.69 Å². The van der Waals surface area contributed by atoms with Crippen molar-refractivity contribution < 1.29 is 22.5 Å². The summed E-state index contributed by atoms with van der Waals surface area (Å²) in [5, 5.41) is 10.6. The fraction of sp³-hybridized carbons (Fsp3) is 0.0667. The lowest BCUT2D eigenvalue weighted by Crippen LogP contribution is -2.11. The van der Waals surface area contributed by atoms with Gasteiger partial charge in [-0.1, -0.05) is 30.3 Å². The van der Waals surface area contributed by atoms with Crippen molar-refractivity contribution in [3.63, 3.8) is 0 Å². The molecular weight excluding hydrogens is 302 g/mol. The first-order valence-electron chi connectivity index (χ1n) is 6.08. The summed E-state index contributed by atoms with van der Waals surface area (Å²) in [5.41, 5.74) is -0.996. The number of alkyl halides is 3. The highest BCUT2D eigenvalue weighted by Gasteiger charge is 2.38. The summed E-state index contributed by atoms with van der Waals surface area (Å²) in [5.74, 6) is -2.24. The molecule has 0 aliphatic rings. The molecule has 0 fully saturated rings. The van der Waals surface area contributed by atoms with E-state index in [2.05, 4.69) is 0 Å². The Morgan fingerprint density at radius 2 is 1.41 bits per heavy atom. The van der Waals surface area contributed by atoms with E-state index in [-0.39, 0.29) is 16.8 Å². The molecule has 22 heavy (non-hydrogen) atoms. The molecule has 0 aliphatic carbocycles. The lowest BCUT2D eigenvalue weighted by Gasteiger charge is -2.12. The molecule has 2 rings (SSSR count). The average molecular weight is 311 g/mol. The van der Waals surface area contributed by atoms with Crippen LogP contribution in [0.5, 0.6) is 0 Å². The summed E-state index contributed by atoms with van der Waals surface area (Å²) in [7, 11) is 0. The van der Waals surface area contributed by atoms with Crippen LogP contribution in [0.3, 0.4) is 0 Å². The maximum Gasteiger partial charge on any atom is 0.443 e. The van der Waals surface area contributed by atoms with E-state index in [1.165, 1.54) is 24.3 Å². The summed E-state index contributed by atoms with van der Waals surface area (Å²) in [6, 6.07) is 11.4. The smallest absolute Gasteiger partial charge is 0.258 e. The summed E-state index contributed by atoms with van der Waals surface area (Å²) in [6.45, 7) is 0. The maximum atomic E-state index is 13.8. The third-order valence-electron chi connectivity index (χ3n) is 2.90. The van der Waals surface area contributed by atoms with Crippen LogP contribution in [-0.2, 0) is 0 Å². The number of non-ortho nitro benzene ring substituents is 1. The molecule has 0 N–H and O–H groups in total. The first-order chi connectivity index (χ1) is 10.3. The number of hydrogen-bond acceptors (Lipinski definition) is 2. The van der Waals surface area contributed by atoms with Crippen molar-refractivity contribution in [1.29, 1.82) is 0 Å². The molecule has 3 nitrogen and oxygen atoms in total. The molecule has 114 valence electrons. The molecular formula is C15H9F4NO2. The standard InChI is InChI=1S/C15H9F4NO2/c16-14(15(17,18)19)13(10-4-2-1-3-5-10)11-6-8-12(9-7-11)20(21)22/h1-9H/b14-13+. The molecule has 0 amide bonds. The van der Waals surface area contributed by atoms with Crippen molar-refractivity contribution >= 4 is 11.3 Å². The SMILES string of the molecule is O=[N+]([O-])c1ccc(/C(=C(/F)C(F)(F)F)c2ccccc2)cc1. The zero-order valence-corrected chi connectivity index (χ0v) is 11.0. The zero-order chi connectivity index (χ0) is 16.3. The van der Waals surface area contributed by atoms with Crippen LogP contribution in [0.2, 0.25) is 0 Å². The quantitative estimate of drug-likeness (QED) is 0.460. The monoisotopic (exact) mass is 311 g/mol. The Morgan fingerprint density at radius 3 is 1.86 bits per heavy atom. The minimum absolute atomic E-state index is 0.0335. The lowest BCUT2D eigenvalue weighted by atomic mass is 9.96. The van der Waals surface area contributed by atoms with E-state index in [0.717, 1.165) is 24.3 Å². The first-order valence-corrected chi connectivity index (χ1v) is 6.08. The topological polar surface area (TPSA) is 43.1 Å². The highest BCUT2D eigenvalue weighted by atomic mass is 19.4. The Hall–Kier alpha value is -2.70. The van der Waals surface area contributed by atoms with Gasteiger partial charge in [0.05, 0.1) is 4.92 Å². The van der Waals surface area contributed by atoms with Crippen LogP contribution < -0.4 is 0 Å². The van der Waals surface area contributed by atoms with E-state index in [4.69, 9.17) is 0 Å². The lowest BCUT2D eigenvalue weighted by molar-refractivity contribution is -0.384. The maximum absolute atomic E-state index is 13.8. The predicted molar refractivity (Wildman–Crippen MR) is 72.7 cm³/mol. The van der Waals surface area contributed by atoms with Gasteiger partial charge in [-0.25, -0.2) is 4.39 Å². The van der Waals surface area contributed by atoms with Crippen LogP contribution in [0, 0.1) is 10.1 Å². The Kier molecular flexibility index (Phi) is 4.25. The Morgan fingerprint density at radius 1 is 0.909 bits per heavy atom. The van der Waals surface area contributed by atoms with Gasteiger partial charge in [0.1, 0.15) is 0 Å². The van der Waals surface area contributed by atoms with Crippen LogP contribution >= 0.6 is 0 Å². The van der Waals surface area contributed by atoms with Gasteiger partial charge in [0.2, 0.25) is 5.83 Å². The molecule has 0 bridgehead atoms. The summed E-state index contributed by atoms with van der Waals surface area (Å²) < 4.78 is 52.0. The largest absolute Gasteiger partial charge is 0.443 e. The van der Waals surface area contributed by atoms with Crippen molar-refractivity contribution in [2.75, 3.05) is 0 Å². The van der Waals surface area contributed by atoms with Gasteiger partial charge in [-0.05, 0) is 23.3 Å². The number of nitro groups is 1. The number of hydrogen-bond donors (Lipinski definition) is 0. The van der Waals surface area contributed by atoms with Gasteiger partial charge in [-0.2, -0.15) is 13.2 Å². The Labute approximate surface area is 122 Å². The molecule has 0 heterocycles. The second-order valence-electron chi connectivity index (χ2n) is 4.36. The van der Waals surface area contributed by atoms with Gasteiger partial charge < -0.3 is 0 Å². The minimum Gasteiger partial charge on any atom is -0.258 e. The van der Waals surface area contributed by atoms with Crippen LogP contribution in [0.4, 0.5) is 23.2 Å². The van der Waals surface area contributed by atoms with E-state index >= 15 is 0 Å². The van der Waals surface area contributed by atoms with Crippen LogP contribution in [0.25, 0.3) is 5.57 Å². The number of nitrogens with zero attached hydrogens (tertiary/aromatic N) is 1. The van der Waals surface area contributed by atoms with Crippen molar-refractivity contribution in [1.82, 2.24) is 0 Å². The molecule has 0 radical (unpaired) electrons. The molecule has 0 spiro atoms. The second-order valence-corrected chi connectivity index (χ2v) is 4.36. The summed E-state index contributed by atoms with van der Waals surface area (Å²) in [6.07, 6.45) is -5.15. The molecule has 7 heteroatoms. The fourth-order valence-corrected chi connectivity index (χ4v) is 1.92. The zero-order valence-electron chi connectivity index (χ0n) is 11.0. The van der Waals surface area contributed by atoms with E-state index < -0.39 is 22.5 Å². The fourth-order valence-electron chi connectivity index (χ4n) is 1.92. The first kappa shape index (κ1) is 15.7.